The van der Waals surface area contributed by atoms with Crippen molar-refractivity contribution in [2.45, 2.75) is 6.29 Å². The molecule has 0 aromatic heterocycles. The molecule has 0 amide bonds. The van der Waals surface area contributed by atoms with E-state index in [2.05, 4.69) is 16.1 Å². The second kappa shape index (κ2) is 3.05. The van der Waals surface area contributed by atoms with Gasteiger partial charge < -0.3 is 9.47 Å². The van der Waals surface area contributed by atoms with Gasteiger partial charge in [0, 0.05) is 5.56 Å². The normalized spacial score (nSPS) is 16.1. The van der Waals surface area contributed by atoms with Crippen molar-refractivity contribution in [2.75, 3.05) is 0 Å². The molecule has 0 aliphatic carbocycles. The zero-order valence-corrected chi connectivity index (χ0v) is 7.50. The van der Waals surface area contributed by atoms with E-state index in [1.807, 2.05) is 0 Å². The summed E-state index contributed by atoms with van der Waals surface area (Å²) in [6, 6.07) is 3.82. The lowest BCUT2D eigenvalue weighted by atomic mass is 10.1. The van der Waals surface area contributed by atoms with E-state index in [1.165, 1.54) is 18.2 Å². The average molecular weight is 212 g/mol. The molecule has 15 heavy (non-hydrogen) atoms. The third-order valence-electron chi connectivity index (χ3n) is 1.87. The van der Waals surface area contributed by atoms with E-state index in [0.29, 0.717) is 0 Å². The number of ether oxygens (including phenoxy) is 2. The Balaban J connectivity index is 2.38. The van der Waals surface area contributed by atoms with Gasteiger partial charge in [-0.3, -0.25) is 4.79 Å². The van der Waals surface area contributed by atoms with Crippen molar-refractivity contribution in [2.24, 2.45) is 0 Å². The van der Waals surface area contributed by atoms with Gasteiger partial charge in [0.25, 0.3) is 0 Å². The molecule has 0 radical (unpaired) electrons. The van der Waals surface area contributed by atoms with E-state index in [0.717, 1.165) is 6.08 Å². The van der Waals surface area contributed by atoms with Crippen molar-refractivity contribution >= 4 is 5.78 Å². The first kappa shape index (κ1) is 9.64. The molecule has 0 saturated heterocycles. The number of hydrogen-bond donors (Lipinski definition) is 0. The van der Waals surface area contributed by atoms with Gasteiger partial charge in [-0.15, -0.1) is 8.78 Å². The van der Waals surface area contributed by atoms with Crippen LogP contribution in [-0.2, 0) is 0 Å². The quantitative estimate of drug-likeness (QED) is 0.557. The Morgan fingerprint density at radius 1 is 1.33 bits per heavy atom. The summed E-state index contributed by atoms with van der Waals surface area (Å²) in [5, 5.41) is 0. The third kappa shape index (κ3) is 1.68. The Morgan fingerprint density at radius 3 is 2.67 bits per heavy atom. The fourth-order valence-electron chi connectivity index (χ4n) is 1.22. The van der Waals surface area contributed by atoms with Gasteiger partial charge in [0.05, 0.1) is 0 Å². The van der Waals surface area contributed by atoms with Crippen LogP contribution in [0.5, 0.6) is 11.5 Å². The highest BCUT2D eigenvalue weighted by atomic mass is 19.3. The van der Waals surface area contributed by atoms with Gasteiger partial charge >= 0.3 is 6.29 Å². The number of carbonyl (C=O) groups excluding carboxylic acids is 1. The Bertz CT molecular complexity index is 440. The van der Waals surface area contributed by atoms with Gasteiger partial charge in [0.1, 0.15) is 0 Å². The number of allylic oxidation sites excluding steroid dienone is 1. The lowest BCUT2D eigenvalue weighted by Gasteiger charge is -2.04. The van der Waals surface area contributed by atoms with Crippen LogP contribution in [0.25, 0.3) is 0 Å². The summed E-state index contributed by atoms with van der Waals surface area (Å²) >= 11 is 0. The molecule has 1 aliphatic rings. The van der Waals surface area contributed by atoms with Crippen LogP contribution in [0.3, 0.4) is 0 Å². The summed E-state index contributed by atoms with van der Waals surface area (Å²) in [7, 11) is 0. The van der Waals surface area contributed by atoms with Crippen LogP contribution in [-0.4, -0.2) is 12.1 Å². The molecule has 78 valence electrons. The molecule has 0 atom stereocenters. The first-order chi connectivity index (χ1) is 7.02. The molecular weight excluding hydrogens is 206 g/mol. The molecule has 0 saturated carbocycles. The number of rotatable bonds is 2. The molecular formula is C10H6F2O3. The van der Waals surface area contributed by atoms with Crippen LogP contribution < -0.4 is 9.47 Å². The SMILES string of the molecule is C=CC(=O)c1ccc2c(c1)OC(F)(F)O2. The van der Waals surface area contributed by atoms with Gasteiger partial charge in [0.15, 0.2) is 17.3 Å². The predicted molar refractivity (Wildman–Crippen MR) is 47.2 cm³/mol. The molecule has 0 spiro atoms. The van der Waals surface area contributed by atoms with Crippen molar-refractivity contribution in [3.63, 3.8) is 0 Å². The highest BCUT2D eigenvalue weighted by Crippen LogP contribution is 2.41. The summed E-state index contributed by atoms with van der Waals surface area (Å²) in [5.74, 6) is -0.593. The fourth-order valence-corrected chi connectivity index (χ4v) is 1.22. The second-order valence-electron chi connectivity index (χ2n) is 2.90. The highest BCUT2D eigenvalue weighted by molar-refractivity contribution is 6.04. The largest absolute Gasteiger partial charge is 0.586 e. The summed E-state index contributed by atoms with van der Waals surface area (Å²) in [4.78, 5) is 11.2. The van der Waals surface area contributed by atoms with Crippen LogP contribution in [0, 0.1) is 0 Å². The smallest absolute Gasteiger partial charge is 0.395 e. The van der Waals surface area contributed by atoms with E-state index in [1.54, 1.807) is 0 Å². The number of hydrogen-bond acceptors (Lipinski definition) is 3. The predicted octanol–water partition coefficient (Wildman–Crippen LogP) is 2.38. The molecule has 3 nitrogen and oxygen atoms in total. The minimum atomic E-state index is -3.65. The molecule has 2 rings (SSSR count). The monoisotopic (exact) mass is 212 g/mol. The van der Waals surface area contributed by atoms with Gasteiger partial charge in [-0.25, -0.2) is 0 Å². The van der Waals surface area contributed by atoms with Crippen molar-refractivity contribution in [3.05, 3.63) is 36.4 Å². The average Bonchev–Trinajstić information content (AvgIpc) is 2.49. The number of alkyl halides is 2. The zero-order valence-electron chi connectivity index (χ0n) is 7.50. The maximum atomic E-state index is 12.6. The minimum Gasteiger partial charge on any atom is -0.395 e. The maximum Gasteiger partial charge on any atom is 0.586 e. The van der Waals surface area contributed by atoms with Crippen LogP contribution in [0.15, 0.2) is 30.9 Å². The number of fused-ring (bicyclic) bond motifs is 1. The summed E-state index contributed by atoms with van der Waals surface area (Å²) in [5.41, 5.74) is 0.227. The molecule has 1 heterocycles. The number of benzene rings is 1. The Kier molecular flexibility index (Phi) is 1.96. The standard InChI is InChI=1S/C10H6F2O3/c1-2-7(13)6-3-4-8-9(5-6)15-10(11,12)14-8/h2-5H,1H2. The summed E-state index contributed by atoms with van der Waals surface area (Å²) in [6.07, 6.45) is -2.56. The molecule has 1 aromatic carbocycles. The van der Waals surface area contributed by atoms with E-state index in [4.69, 9.17) is 0 Å². The molecule has 0 unspecified atom stereocenters. The van der Waals surface area contributed by atoms with Gasteiger partial charge in [-0.1, -0.05) is 6.58 Å². The van der Waals surface area contributed by atoms with Crippen molar-refractivity contribution in [3.8, 4) is 11.5 Å². The van der Waals surface area contributed by atoms with Crippen molar-refractivity contribution < 1.29 is 23.0 Å². The van der Waals surface area contributed by atoms with E-state index < -0.39 is 6.29 Å². The Morgan fingerprint density at radius 2 is 2.00 bits per heavy atom. The molecule has 0 fully saturated rings. The Labute approximate surface area is 83.9 Å². The number of halogens is 2. The number of carbonyl (C=O) groups is 1. The first-order valence-electron chi connectivity index (χ1n) is 4.08. The van der Waals surface area contributed by atoms with E-state index >= 15 is 0 Å². The van der Waals surface area contributed by atoms with Crippen LogP contribution in [0.1, 0.15) is 10.4 Å². The molecule has 1 aromatic rings. The lowest BCUT2D eigenvalue weighted by Crippen LogP contribution is -2.25. The second-order valence-corrected chi connectivity index (χ2v) is 2.90. The van der Waals surface area contributed by atoms with Gasteiger partial charge in [-0.2, -0.15) is 0 Å². The molecule has 0 bridgehead atoms. The summed E-state index contributed by atoms with van der Waals surface area (Å²) < 4.78 is 33.6. The van der Waals surface area contributed by atoms with Crippen LogP contribution in [0.4, 0.5) is 8.78 Å². The van der Waals surface area contributed by atoms with E-state index in [9.17, 15) is 13.6 Å². The molecule has 1 aliphatic heterocycles. The van der Waals surface area contributed by atoms with Crippen LogP contribution in [0.2, 0.25) is 0 Å². The fraction of sp³-hybridized carbons (Fsp3) is 0.100. The topological polar surface area (TPSA) is 35.5 Å². The Hall–Kier alpha value is -1.91. The van der Waals surface area contributed by atoms with Gasteiger partial charge in [0.2, 0.25) is 0 Å². The maximum absolute atomic E-state index is 12.6. The highest BCUT2D eigenvalue weighted by Gasteiger charge is 2.43. The number of ketones is 1. The first-order valence-corrected chi connectivity index (χ1v) is 4.08. The van der Waals surface area contributed by atoms with Crippen molar-refractivity contribution in [1.29, 1.82) is 0 Å². The molecule has 5 heteroatoms. The minimum absolute atomic E-state index is 0.0828. The van der Waals surface area contributed by atoms with Crippen molar-refractivity contribution in [1.82, 2.24) is 0 Å². The third-order valence-corrected chi connectivity index (χ3v) is 1.87. The van der Waals surface area contributed by atoms with E-state index in [-0.39, 0.29) is 22.8 Å². The molecule has 0 N–H and O–H groups in total. The zero-order chi connectivity index (χ0) is 11.1. The van der Waals surface area contributed by atoms with Gasteiger partial charge in [-0.05, 0) is 24.3 Å². The van der Waals surface area contributed by atoms with Crippen LogP contribution >= 0.6 is 0 Å². The summed E-state index contributed by atoms with van der Waals surface area (Å²) in [6.45, 7) is 3.29. The lowest BCUT2D eigenvalue weighted by molar-refractivity contribution is -0.286.